The molecule has 1 unspecified atom stereocenters. The molecular formula is C20H26N4O6S. The maximum Gasteiger partial charge on any atom is 0.331 e. The number of carbonyl (C=O) groups is 1. The van der Waals surface area contributed by atoms with E-state index in [9.17, 15) is 22.8 Å². The van der Waals surface area contributed by atoms with Gasteiger partial charge < -0.3 is 9.64 Å². The molecule has 2 aliphatic rings. The minimum atomic E-state index is -3.87. The summed E-state index contributed by atoms with van der Waals surface area (Å²) in [6, 6.07) is 4.05. The van der Waals surface area contributed by atoms with Crippen LogP contribution in [0, 0.1) is 0 Å². The van der Waals surface area contributed by atoms with Gasteiger partial charge >= 0.3 is 5.69 Å². The maximum absolute atomic E-state index is 13.0. The Bertz CT molecular complexity index is 1220. The van der Waals surface area contributed by atoms with Gasteiger partial charge in [-0.05, 0) is 43.9 Å². The number of ether oxygens (including phenoxy) is 1. The molecule has 2 aliphatic heterocycles. The van der Waals surface area contributed by atoms with Crippen LogP contribution in [-0.4, -0.2) is 60.7 Å². The summed E-state index contributed by atoms with van der Waals surface area (Å²) in [5.41, 5.74) is -0.989. The van der Waals surface area contributed by atoms with Gasteiger partial charge in [0.2, 0.25) is 15.9 Å². The first kappa shape index (κ1) is 21.7. The number of benzene rings is 1. The number of carbonyl (C=O) groups excluding carboxylic acids is 1. The molecule has 1 atom stereocenters. The Balaban J connectivity index is 1.68. The fraction of sp³-hybridized carbons (Fsp3) is 0.550. The fourth-order valence-corrected chi connectivity index (χ4v) is 5.19. The number of nitrogens with one attached hydrogen (secondary N) is 1. The van der Waals surface area contributed by atoms with Crippen molar-refractivity contribution in [2.24, 2.45) is 7.05 Å². The van der Waals surface area contributed by atoms with Crippen molar-refractivity contribution in [2.45, 2.75) is 43.2 Å². The highest BCUT2D eigenvalue weighted by atomic mass is 32.2. The average molecular weight is 451 g/mol. The lowest BCUT2D eigenvalue weighted by Crippen LogP contribution is -2.43. The molecule has 1 aromatic heterocycles. The molecule has 0 saturated carbocycles. The number of rotatable bonds is 6. The van der Waals surface area contributed by atoms with Gasteiger partial charge in [-0.25, -0.2) is 17.9 Å². The Morgan fingerprint density at radius 2 is 1.94 bits per heavy atom. The number of nitrogens with zero attached hydrogens (tertiary/aromatic N) is 3. The van der Waals surface area contributed by atoms with Crippen molar-refractivity contribution in [3.8, 4) is 0 Å². The standard InChI is InChI=1S/C20H26N4O6S/c1-22-17-7-6-15(31(28,29)21-12-14-5-4-10-30-14)11-16(17)19(26)24(20(22)27)13-18(25)23-8-2-3-9-23/h6-7,11,14,21H,2-5,8-10,12-13H2,1H3. The molecule has 1 amide bonds. The lowest BCUT2D eigenvalue weighted by Gasteiger charge is -2.17. The van der Waals surface area contributed by atoms with Gasteiger partial charge in [0, 0.05) is 33.3 Å². The Hall–Kier alpha value is -2.50. The van der Waals surface area contributed by atoms with Crippen LogP contribution in [0.25, 0.3) is 10.9 Å². The molecule has 4 rings (SSSR count). The van der Waals surface area contributed by atoms with Crippen LogP contribution in [0.1, 0.15) is 25.7 Å². The summed E-state index contributed by atoms with van der Waals surface area (Å²) in [7, 11) is -2.38. The SMILES string of the molecule is Cn1c(=O)n(CC(=O)N2CCCC2)c(=O)c2cc(S(=O)(=O)NCC3CCCO3)ccc21. The molecule has 2 saturated heterocycles. The lowest BCUT2D eigenvalue weighted by molar-refractivity contribution is -0.130. The number of aryl methyl sites for hydroxylation is 1. The van der Waals surface area contributed by atoms with Gasteiger partial charge in [-0.2, -0.15) is 0 Å². The summed E-state index contributed by atoms with van der Waals surface area (Å²) < 4.78 is 35.5. The molecule has 1 N–H and O–H groups in total. The molecule has 2 aromatic rings. The van der Waals surface area contributed by atoms with Crippen LogP contribution in [0.15, 0.2) is 32.7 Å². The molecule has 168 valence electrons. The maximum atomic E-state index is 13.0. The second kappa shape index (κ2) is 8.56. The first-order valence-electron chi connectivity index (χ1n) is 10.4. The highest BCUT2D eigenvalue weighted by Crippen LogP contribution is 2.17. The van der Waals surface area contributed by atoms with Crippen LogP contribution in [0.5, 0.6) is 0 Å². The van der Waals surface area contributed by atoms with Crippen LogP contribution in [-0.2, 0) is 33.1 Å². The van der Waals surface area contributed by atoms with E-state index in [-0.39, 0.29) is 35.4 Å². The van der Waals surface area contributed by atoms with Gasteiger partial charge in [-0.3, -0.25) is 18.7 Å². The molecular weight excluding hydrogens is 424 g/mol. The Morgan fingerprint density at radius 3 is 2.61 bits per heavy atom. The first-order chi connectivity index (χ1) is 14.8. The second-order valence-electron chi connectivity index (χ2n) is 7.99. The quantitative estimate of drug-likeness (QED) is 0.650. The highest BCUT2D eigenvalue weighted by Gasteiger charge is 2.23. The van der Waals surface area contributed by atoms with E-state index in [2.05, 4.69) is 4.72 Å². The van der Waals surface area contributed by atoms with Crippen LogP contribution in [0.4, 0.5) is 0 Å². The summed E-state index contributed by atoms with van der Waals surface area (Å²) in [6.07, 6.45) is 3.32. The molecule has 31 heavy (non-hydrogen) atoms. The molecule has 2 fully saturated rings. The zero-order valence-corrected chi connectivity index (χ0v) is 18.2. The number of hydrogen-bond acceptors (Lipinski definition) is 6. The van der Waals surface area contributed by atoms with Crippen LogP contribution >= 0.6 is 0 Å². The van der Waals surface area contributed by atoms with E-state index in [0.29, 0.717) is 25.2 Å². The Kier molecular flexibility index (Phi) is 6.00. The van der Waals surface area contributed by atoms with Crippen molar-refractivity contribution in [3.63, 3.8) is 0 Å². The summed E-state index contributed by atoms with van der Waals surface area (Å²) in [6.45, 7) is 1.63. The monoisotopic (exact) mass is 450 g/mol. The van der Waals surface area contributed by atoms with E-state index in [4.69, 9.17) is 4.74 Å². The molecule has 0 radical (unpaired) electrons. The van der Waals surface area contributed by atoms with E-state index in [0.717, 1.165) is 30.3 Å². The van der Waals surface area contributed by atoms with E-state index in [1.54, 1.807) is 4.90 Å². The van der Waals surface area contributed by atoms with Gasteiger partial charge in [0.15, 0.2) is 0 Å². The molecule has 0 bridgehead atoms. The zero-order chi connectivity index (χ0) is 22.2. The number of sulfonamides is 1. The largest absolute Gasteiger partial charge is 0.377 e. The Morgan fingerprint density at radius 1 is 1.19 bits per heavy atom. The summed E-state index contributed by atoms with van der Waals surface area (Å²) >= 11 is 0. The van der Waals surface area contributed by atoms with Crippen LogP contribution in [0.3, 0.4) is 0 Å². The summed E-state index contributed by atoms with van der Waals surface area (Å²) in [4.78, 5) is 39.8. The number of amides is 1. The van der Waals surface area contributed by atoms with Gasteiger partial charge in [-0.1, -0.05) is 0 Å². The van der Waals surface area contributed by atoms with Gasteiger partial charge in [0.25, 0.3) is 5.56 Å². The normalized spacial score (nSPS) is 19.4. The van der Waals surface area contributed by atoms with E-state index >= 15 is 0 Å². The summed E-state index contributed by atoms with van der Waals surface area (Å²) in [5.74, 6) is -0.293. The third-order valence-corrected chi connectivity index (χ3v) is 7.33. The topological polar surface area (TPSA) is 120 Å². The van der Waals surface area contributed by atoms with E-state index in [1.165, 1.54) is 29.8 Å². The minimum absolute atomic E-state index is 0.0660. The molecule has 3 heterocycles. The van der Waals surface area contributed by atoms with Crippen molar-refractivity contribution in [3.05, 3.63) is 39.0 Å². The number of fused-ring (bicyclic) bond motifs is 1. The number of hydrogen-bond donors (Lipinski definition) is 1. The zero-order valence-electron chi connectivity index (χ0n) is 17.4. The molecule has 0 spiro atoms. The van der Waals surface area contributed by atoms with Gasteiger partial charge in [0.05, 0.1) is 21.9 Å². The van der Waals surface area contributed by atoms with Gasteiger partial charge in [-0.15, -0.1) is 0 Å². The van der Waals surface area contributed by atoms with Crippen molar-refractivity contribution in [2.75, 3.05) is 26.2 Å². The van der Waals surface area contributed by atoms with Crippen molar-refractivity contribution >= 4 is 26.8 Å². The average Bonchev–Trinajstić information content (AvgIpc) is 3.47. The van der Waals surface area contributed by atoms with Crippen molar-refractivity contribution in [1.29, 1.82) is 0 Å². The predicted molar refractivity (Wildman–Crippen MR) is 113 cm³/mol. The molecule has 10 nitrogen and oxygen atoms in total. The third-order valence-electron chi connectivity index (χ3n) is 5.91. The van der Waals surface area contributed by atoms with E-state index < -0.39 is 21.3 Å². The second-order valence-corrected chi connectivity index (χ2v) is 9.75. The highest BCUT2D eigenvalue weighted by molar-refractivity contribution is 7.89. The van der Waals surface area contributed by atoms with Gasteiger partial charge in [0.1, 0.15) is 6.54 Å². The number of aromatic nitrogens is 2. The third kappa shape index (κ3) is 4.30. The minimum Gasteiger partial charge on any atom is -0.377 e. The first-order valence-corrected chi connectivity index (χ1v) is 11.9. The predicted octanol–water partition coefficient (Wildman–Crippen LogP) is -0.220. The summed E-state index contributed by atoms with van der Waals surface area (Å²) in [5, 5.41) is 0.0660. The lowest BCUT2D eigenvalue weighted by atomic mass is 10.2. The van der Waals surface area contributed by atoms with E-state index in [1.807, 2.05) is 0 Å². The number of likely N-dealkylation sites (tertiary alicyclic amines) is 1. The fourth-order valence-electron chi connectivity index (χ4n) is 4.10. The van der Waals surface area contributed by atoms with Crippen molar-refractivity contribution in [1.82, 2.24) is 18.8 Å². The Labute approximate surface area is 179 Å². The molecule has 0 aliphatic carbocycles. The van der Waals surface area contributed by atoms with Crippen LogP contribution in [0.2, 0.25) is 0 Å². The molecule has 1 aromatic carbocycles. The smallest absolute Gasteiger partial charge is 0.331 e. The van der Waals surface area contributed by atoms with Crippen molar-refractivity contribution < 1.29 is 17.9 Å². The van der Waals surface area contributed by atoms with Crippen LogP contribution < -0.4 is 16.0 Å². The molecule has 11 heteroatoms.